The molecule has 2 amide bonds. The third-order valence-corrected chi connectivity index (χ3v) is 5.65. The Kier molecular flexibility index (Phi) is 7.48. The fourth-order valence-electron chi connectivity index (χ4n) is 3.30. The summed E-state index contributed by atoms with van der Waals surface area (Å²) in [5.41, 5.74) is 5.66. The number of benzene rings is 1. The van der Waals surface area contributed by atoms with Gasteiger partial charge in [0.05, 0.1) is 12.2 Å². The van der Waals surface area contributed by atoms with E-state index in [9.17, 15) is 9.59 Å². The smallest absolute Gasteiger partial charge is 0.251 e. The van der Waals surface area contributed by atoms with Gasteiger partial charge in [0.15, 0.2) is 11.5 Å². The van der Waals surface area contributed by atoms with E-state index < -0.39 is 5.91 Å². The van der Waals surface area contributed by atoms with E-state index in [1.807, 2.05) is 31.2 Å². The molecule has 0 radical (unpaired) electrons. The van der Waals surface area contributed by atoms with E-state index in [1.165, 1.54) is 11.3 Å². The number of anilines is 1. The van der Waals surface area contributed by atoms with Crippen LogP contribution in [0.1, 0.15) is 36.5 Å². The highest BCUT2D eigenvalue weighted by molar-refractivity contribution is 7.14. The van der Waals surface area contributed by atoms with Crippen LogP contribution in [-0.2, 0) is 4.79 Å². The third-order valence-electron chi connectivity index (χ3n) is 4.82. The summed E-state index contributed by atoms with van der Waals surface area (Å²) in [6.07, 6.45) is 2.32. The number of hydrogen-bond donors (Lipinski definition) is 2. The maximum absolute atomic E-state index is 12.2. The largest absolute Gasteiger partial charge is 0.490 e. The SMILES string of the molecule is CCOc1ccccc1OC1CCN(CCC(=O)Nc2sccc2C(N)=O)CC1. The Morgan fingerprint density at radius 1 is 1.21 bits per heavy atom. The van der Waals surface area contributed by atoms with Crippen LogP contribution in [0.4, 0.5) is 5.00 Å². The molecule has 3 N–H and O–H groups in total. The first-order valence-corrected chi connectivity index (χ1v) is 10.7. The number of primary amides is 1. The molecule has 0 aliphatic carbocycles. The second kappa shape index (κ2) is 10.3. The molecule has 0 unspecified atom stereocenters. The maximum Gasteiger partial charge on any atom is 0.251 e. The van der Waals surface area contributed by atoms with Gasteiger partial charge in [-0.05, 0) is 43.3 Å². The van der Waals surface area contributed by atoms with Crippen LogP contribution in [0.3, 0.4) is 0 Å². The number of amides is 2. The number of nitrogens with two attached hydrogens (primary N) is 1. The van der Waals surface area contributed by atoms with Gasteiger partial charge in [-0.25, -0.2) is 0 Å². The molecule has 1 aromatic heterocycles. The lowest BCUT2D eigenvalue weighted by Gasteiger charge is -2.32. The molecule has 7 nitrogen and oxygen atoms in total. The zero-order chi connectivity index (χ0) is 20.6. The van der Waals surface area contributed by atoms with Crippen molar-refractivity contribution >= 4 is 28.2 Å². The Bertz CT molecular complexity index is 831. The average molecular weight is 418 g/mol. The number of nitrogens with one attached hydrogen (secondary N) is 1. The number of para-hydroxylation sites is 2. The number of hydrogen-bond acceptors (Lipinski definition) is 6. The maximum atomic E-state index is 12.2. The van der Waals surface area contributed by atoms with Gasteiger partial charge in [0.25, 0.3) is 5.91 Å². The zero-order valence-electron chi connectivity index (χ0n) is 16.6. The van der Waals surface area contributed by atoms with Crippen molar-refractivity contribution in [2.75, 3.05) is 31.6 Å². The quantitative estimate of drug-likeness (QED) is 0.654. The van der Waals surface area contributed by atoms with Crippen molar-refractivity contribution in [3.05, 3.63) is 41.3 Å². The van der Waals surface area contributed by atoms with Crippen molar-refractivity contribution in [2.45, 2.75) is 32.3 Å². The summed E-state index contributed by atoms with van der Waals surface area (Å²) >= 11 is 1.30. The Labute approximate surface area is 174 Å². The van der Waals surface area contributed by atoms with Gasteiger partial charge in [-0.3, -0.25) is 9.59 Å². The predicted molar refractivity (Wildman–Crippen MR) is 114 cm³/mol. The summed E-state index contributed by atoms with van der Waals surface area (Å²) in [6.45, 7) is 4.98. The van der Waals surface area contributed by atoms with E-state index in [0.29, 0.717) is 30.1 Å². The molecule has 156 valence electrons. The van der Waals surface area contributed by atoms with E-state index in [2.05, 4.69) is 10.2 Å². The lowest BCUT2D eigenvalue weighted by Crippen LogP contribution is -2.39. The molecule has 0 atom stereocenters. The fourth-order valence-corrected chi connectivity index (χ4v) is 4.11. The molecule has 0 saturated carbocycles. The highest BCUT2D eigenvalue weighted by Crippen LogP contribution is 2.29. The summed E-state index contributed by atoms with van der Waals surface area (Å²) in [5.74, 6) is 0.917. The first-order valence-electron chi connectivity index (χ1n) is 9.84. The summed E-state index contributed by atoms with van der Waals surface area (Å²) in [6, 6.07) is 9.37. The number of rotatable bonds is 9. The number of carbonyl (C=O) groups is 2. The van der Waals surface area contributed by atoms with Gasteiger partial charge in [0, 0.05) is 26.1 Å². The highest BCUT2D eigenvalue weighted by atomic mass is 32.1. The van der Waals surface area contributed by atoms with E-state index in [0.717, 1.165) is 37.4 Å². The minimum Gasteiger partial charge on any atom is -0.490 e. The molecule has 0 bridgehead atoms. The van der Waals surface area contributed by atoms with Crippen LogP contribution in [0.5, 0.6) is 11.5 Å². The molecule has 2 aromatic rings. The standard InChI is InChI=1S/C21H27N3O4S/c1-2-27-17-5-3-4-6-18(17)28-15-7-11-24(12-8-15)13-9-19(25)23-21-16(20(22)26)10-14-29-21/h3-6,10,14-15H,2,7-9,11-13H2,1H3,(H2,22,26)(H,23,25). The van der Waals surface area contributed by atoms with Crippen LogP contribution in [0, 0.1) is 0 Å². The van der Waals surface area contributed by atoms with E-state index in [4.69, 9.17) is 15.2 Å². The summed E-state index contributed by atoms with van der Waals surface area (Å²) in [4.78, 5) is 25.8. The fraction of sp³-hybridized carbons (Fsp3) is 0.429. The molecule has 1 aliphatic rings. The molecule has 8 heteroatoms. The number of thiophene rings is 1. The first-order chi connectivity index (χ1) is 14.1. The molecule has 29 heavy (non-hydrogen) atoms. The van der Waals surface area contributed by atoms with Gasteiger partial charge in [-0.2, -0.15) is 0 Å². The van der Waals surface area contributed by atoms with Crippen LogP contribution in [0.15, 0.2) is 35.7 Å². The van der Waals surface area contributed by atoms with Crippen molar-refractivity contribution in [1.29, 1.82) is 0 Å². The zero-order valence-corrected chi connectivity index (χ0v) is 17.4. The lowest BCUT2D eigenvalue weighted by molar-refractivity contribution is -0.116. The number of piperidine rings is 1. The van der Waals surface area contributed by atoms with Crippen LogP contribution in [0.2, 0.25) is 0 Å². The molecular weight excluding hydrogens is 390 g/mol. The molecular formula is C21H27N3O4S. The molecule has 0 spiro atoms. The van der Waals surface area contributed by atoms with Gasteiger partial charge in [-0.1, -0.05) is 12.1 Å². The molecule has 1 aliphatic heterocycles. The van der Waals surface area contributed by atoms with Gasteiger partial charge in [-0.15, -0.1) is 11.3 Å². The van der Waals surface area contributed by atoms with Gasteiger partial charge in [0.2, 0.25) is 5.91 Å². The van der Waals surface area contributed by atoms with E-state index in [1.54, 1.807) is 11.4 Å². The summed E-state index contributed by atoms with van der Waals surface area (Å²) < 4.78 is 11.8. The van der Waals surface area contributed by atoms with E-state index in [-0.39, 0.29) is 12.0 Å². The monoisotopic (exact) mass is 417 g/mol. The molecule has 1 fully saturated rings. The predicted octanol–water partition coefficient (Wildman–Crippen LogP) is 3.12. The highest BCUT2D eigenvalue weighted by Gasteiger charge is 2.22. The Morgan fingerprint density at radius 2 is 1.93 bits per heavy atom. The van der Waals surface area contributed by atoms with Crippen molar-refractivity contribution in [3.8, 4) is 11.5 Å². The topological polar surface area (TPSA) is 93.9 Å². The van der Waals surface area contributed by atoms with Crippen LogP contribution in [0.25, 0.3) is 0 Å². The Hall–Kier alpha value is -2.58. The van der Waals surface area contributed by atoms with Gasteiger partial charge < -0.3 is 25.4 Å². The first kappa shape index (κ1) is 21.1. The van der Waals surface area contributed by atoms with Crippen molar-refractivity contribution in [3.63, 3.8) is 0 Å². The number of carbonyl (C=O) groups excluding carboxylic acids is 2. The minimum absolute atomic E-state index is 0.112. The van der Waals surface area contributed by atoms with Crippen molar-refractivity contribution < 1.29 is 19.1 Å². The minimum atomic E-state index is -0.533. The third kappa shape index (κ3) is 5.95. The van der Waals surface area contributed by atoms with Crippen molar-refractivity contribution in [2.24, 2.45) is 5.73 Å². The molecule has 1 saturated heterocycles. The van der Waals surface area contributed by atoms with E-state index >= 15 is 0 Å². The van der Waals surface area contributed by atoms with Crippen molar-refractivity contribution in [1.82, 2.24) is 4.90 Å². The average Bonchev–Trinajstić information content (AvgIpc) is 3.17. The lowest BCUT2D eigenvalue weighted by atomic mass is 10.1. The Balaban J connectivity index is 1.41. The van der Waals surface area contributed by atoms with Gasteiger partial charge >= 0.3 is 0 Å². The second-order valence-corrected chi connectivity index (χ2v) is 7.78. The number of ether oxygens (including phenoxy) is 2. The molecule has 2 heterocycles. The number of likely N-dealkylation sites (tertiary alicyclic amines) is 1. The van der Waals surface area contributed by atoms with Crippen LogP contribution >= 0.6 is 11.3 Å². The van der Waals surface area contributed by atoms with Crippen LogP contribution in [-0.4, -0.2) is 49.1 Å². The second-order valence-electron chi connectivity index (χ2n) is 6.86. The van der Waals surface area contributed by atoms with Crippen LogP contribution < -0.4 is 20.5 Å². The molecule has 1 aromatic carbocycles. The normalized spacial score (nSPS) is 15.1. The van der Waals surface area contributed by atoms with Gasteiger partial charge in [0.1, 0.15) is 11.1 Å². The molecule has 3 rings (SSSR count). The number of nitrogens with zero attached hydrogens (tertiary/aromatic N) is 1. The Morgan fingerprint density at radius 3 is 2.62 bits per heavy atom. The summed E-state index contributed by atoms with van der Waals surface area (Å²) in [5, 5.41) is 5.04. The summed E-state index contributed by atoms with van der Waals surface area (Å²) in [7, 11) is 0.